The second-order valence-electron chi connectivity index (χ2n) is 3.99. The van der Waals surface area contributed by atoms with E-state index in [1.54, 1.807) is 25.1 Å². The molecule has 0 aliphatic heterocycles. The van der Waals surface area contributed by atoms with Crippen LogP contribution >= 0.6 is 15.9 Å². The number of hydrogen-bond donors (Lipinski definition) is 1. The van der Waals surface area contributed by atoms with Gasteiger partial charge in [0.15, 0.2) is 0 Å². The molecule has 2 aromatic rings. The summed E-state index contributed by atoms with van der Waals surface area (Å²) in [5.41, 5.74) is 0.958. The fourth-order valence-electron chi connectivity index (χ4n) is 1.64. The summed E-state index contributed by atoms with van der Waals surface area (Å²) in [6, 6.07) is 8.03. The highest BCUT2D eigenvalue weighted by atomic mass is 79.9. The summed E-state index contributed by atoms with van der Waals surface area (Å²) < 4.78 is 27.2. The van der Waals surface area contributed by atoms with Crippen molar-refractivity contribution in [1.29, 1.82) is 0 Å². The highest BCUT2D eigenvalue weighted by molar-refractivity contribution is 9.10. The molecule has 1 N–H and O–H groups in total. The number of benzene rings is 2. The van der Waals surface area contributed by atoms with Crippen LogP contribution in [0.2, 0.25) is 0 Å². The minimum absolute atomic E-state index is 0.177. The summed E-state index contributed by atoms with van der Waals surface area (Å²) in [7, 11) is 0. The van der Waals surface area contributed by atoms with Crippen LogP contribution in [0.15, 0.2) is 40.9 Å². The van der Waals surface area contributed by atoms with Gasteiger partial charge in [0.05, 0.1) is 5.69 Å². The first-order valence-electron chi connectivity index (χ1n) is 5.50. The van der Waals surface area contributed by atoms with E-state index in [9.17, 15) is 13.6 Å². The fourth-order valence-corrected chi connectivity index (χ4v) is 2.00. The van der Waals surface area contributed by atoms with Crippen molar-refractivity contribution < 1.29 is 13.6 Å². The van der Waals surface area contributed by atoms with Crippen LogP contribution in [0.1, 0.15) is 15.9 Å². The lowest BCUT2D eigenvalue weighted by Crippen LogP contribution is -2.14. The molecule has 0 radical (unpaired) electrons. The van der Waals surface area contributed by atoms with Crippen LogP contribution < -0.4 is 5.32 Å². The second kappa shape index (κ2) is 5.48. The van der Waals surface area contributed by atoms with Crippen LogP contribution in [0.5, 0.6) is 0 Å². The van der Waals surface area contributed by atoms with Gasteiger partial charge in [-0.05, 0) is 36.8 Å². The summed E-state index contributed by atoms with van der Waals surface area (Å²) in [5, 5.41) is 2.36. The van der Waals surface area contributed by atoms with Gasteiger partial charge in [-0.2, -0.15) is 0 Å². The summed E-state index contributed by atoms with van der Waals surface area (Å²) in [6.45, 7) is 1.76. The van der Waals surface area contributed by atoms with E-state index in [0.29, 0.717) is 5.56 Å². The zero-order valence-corrected chi connectivity index (χ0v) is 11.6. The van der Waals surface area contributed by atoms with E-state index in [4.69, 9.17) is 0 Å². The summed E-state index contributed by atoms with van der Waals surface area (Å²) in [6.07, 6.45) is 0. The number of anilines is 1. The third kappa shape index (κ3) is 2.98. The zero-order chi connectivity index (χ0) is 14.0. The monoisotopic (exact) mass is 325 g/mol. The molecule has 0 bridgehead atoms. The zero-order valence-electron chi connectivity index (χ0n) is 10.0. The van der Waals surface area contributed by atoms with Gasteiger partial charge in [-0.1, -0.05) is 22.0 Å². The molecule has 98 valence electrons. The normalized spacial score (nSPS) is 10.3. The quantitative estimate of drug-likeness (QED) is 0.876. The van der Waals surface area contributed by atoms with Crippen molar-refractivity contribution in [2.75, 3.05) is 5.32 Å². The lowest BCUT2D eigenvalue weighted by atomic mass is 10.1. The van der Waals surface area contributed by atoms with Gasteiger partial charge in [-0.15, -0.1) is 0 Å². The van der Waals surface area contributed by atoms with Crippen molar-refractivity contribution in [2.24, 2.45) is 0 Å². The minimum atomic E-state index is -0.678. The summed E-state index contributed by atoms with van der Waals surface area (Å²) in [4.78, 5) is 12.0. The molecule has 1 amide bonds. The maximum Gasteiger partial charge on any atom is 0.256 e. The van der Waals surface area contributed by atoms with Gasteiger partial charge in [0.2, 0.25) is 0 Å². The molecular weight excluding hydrogens is 316 g/mol. The van der Waals surface area contributed by atoms with E-state index in [1.807, 2.05) is 0 Å². The highest BCUT2D eigenvalue weighted by Crippen LogP contribution is 2.21. The van der Waals surface area contributed by atoms with Gasteiger partial charge in [0.25, 0.3) is 5.91 Å². The first-order chi connectivity index (χ1) is 8.99. The maximum atomic E-state index is 13.4. The number of nitrogens with one attached hydrogen (secondary N) is 1. The second-order valence-corrected chi connectivity index (χ2v) is 4.85. The Balaban J connectivity index is 2.31. The molecule has 2 aromatic carbocycles. The molecule has 0 unspecified atom stereocenters. The largest absolute Gasteiger partial charge is 0.319 e. The van der Waals surface area contributed by atoms with Crippen LogP contribution in [-0.4, -0.2) is 5.91 Å². The Labute approximate surface area is 117 Å². The van der Waals surface area contributed by atoms with E-state index in [-0.39, 0.29) is 5.69 Å². The molecule has 0 heterocycles. The van der Waals surface area contributed by atoms with Crippen molar-refractivity contribution in [2.45, 2.75) is 6.92 Å². The van der Waals surface area contributed by atoms with Crippen molar-refractivity contribution in [1.82, 2.24) is 0 Å². The number of amides is 1. The molecule has 0 aliphatic carbocycles. The average molecular weight is 326 g/mol. The smallest absolute Gasteiger partial charge is 0.256 e. The van der Waals surface area contributed by atoms with Gasteiger partial charge in [-0.25, -0.2) is 8.78 Å². The number of rotatable bonds is 2. The number of halogens is 3. The van der Waals surface area contributed by atoms with Gasteiger partial charge >= 0.3 is 0 Å². The molecule has 2 nitrogen and oxygen atoms in total. The molecule has 0 aromatic heterocycles. The molecule has 0 spiro atoms. The van der Waals surface area contributed by atoms with Gasteiger partial charge < -0.3 is 5.32 Å². The fraction of sp³-hybridized carbons (Fsp3) is 0.0714. The molecule has 0 aliphatic rings. The predicted octanol–water partition coefficient (Wildman–Crippen LogP) is 4.29. The van der Waals surface area contributed by atoms with E-state index < -0.39 is 17.5 Å². The van der Waals surface area contributed by atoms with E-state index in [0.717, 1.165) is 28.2 Å². The van der Waals surface area contributed by atoms with Gasteiger partial charge in [0.1, 0.15) is 11.6 Å². The third-order valence-corrected chi connectivity index (χ3v) is 3.55. The van der Waals surface area contributed by atoms with Crippen LogP contribution in [0.4, 0.5) is 14.5 Å². The first-order valence-corrected chi connectivity index (χ1v) is 6.30. The topological polar surface area (TPSA) is 29.1 Å². The van der Waals surface area contributed by atoms with Crippen LogP contribution in [0, 0.1) is 18.6 Å². The van der Waals surface area contributed by atoms with Gasteiger partial charge in [-0.3, -0.25) is 4.79 Å². The Morgan fingerprint density at radius 2 is 1.95 bits per heavy atom. The summed E-state index contributed by atoms with van der Waals surface area (Å²) >= 11 is 3.31. The SMILES string of the molecule is Cc1c(Br)cccc1C(=O)Nc1cc(F)ccc1F. The Morgan fingerprint density at radius 3 is 2.68 bits per heavy atom. The van der Waals surface area contributed by atoms with Gasteiger partial charge in [0, 0.05) is 16.1 Å². The van der Waals surface area contributed by atoms with E-state index in [1.165, 1.54) is 0 Å². The van der Waals surface area contributed by atoms with Crippen molar-refractivity contribution >= 4 is 27.5 Å². The minimum Gasteiger partial charge on any atom is -0.319 e. The van der Waals surface area contributed by atoms with E-state index in [2.05, 4.69) is 21.2 Å². The van der Waals surface area contributed by atoms with E-state index >= 15 is 0 Å². The van der Waals surface area contributed by atoms with Crippen molar-refractivity contribution in [3.63, 3.8) is 0 Å². The maximum absolute atomic E-state index is 13.4. The number of hydrogen-bond acceptors (Lipinski definition) is 1. The summed E-state index contributed by atoms with van der Waals surface area (Å²) in [5.74, 6) is -1.77. The molecule has 0 fully saturated rings. The predicted molar refractivity (Wildman–Crippen MR) is 73.2 cm³/mol. The van der Waals surface area contributed by atoms with Crippen LogP contribution in [0.3, 0.4) is 0 Å². The Bertz CT molecular complexity index is 643. The Kier molecular flexibility index (Phi) is 3.95. The number of carbonyl (C=O) groups excluding carboxylic acids is 1. The molecule has 0 saturated carbocycles. The highest BCUT2D eigenvalue weighted by Gasteiger charge is 2.13. The molecule has 19 heavy (non-hydrogen) atoms. The Hall–Kier alpha value is -1.75. The standard InChI is InChI=1S/C14H10BrF2NO/c1-8-10(3-2-4-11(8)15)14(19)18-13-7-9(16)5-6-12(13)17/h2-7H,1H3,(H,18,19). The van der Waals surface area contributed by atoms with Crippen LogP contribution in [0.25, 0.3) is 0 Å². The number of carbonyl (C=O) groups is 1. The molecule has 5 heteroatoms. The molecule has 0 saturated heterocycles. The van der Waals surface area contributed by atoms with Crippen molar-refractivity contribution in [3.8, 4) is 0 Å². The van der Waals surface area contributed by atoms with Crippen LogP contribution in [-0.2, 0) is 0 Å². The lowest BCUT2D eigenvalue weighted by Gasteiger charge is -2.09. The third-order valence-electron chi connectivity index (χ3n) is 2.69. The van der Waals surface area contributed by atoms with Crippen molar-refractivity contribution in [3.05, 3.63) is 63.6 Å². The first kappa shape index (κ1) is 13.7. The lowest BCUT2D eigenvalue weighted by molar-refractivity contribution is 0.102. The molecule has 2 rings (SSSR count). The average Bonchev–Trinajstić information content (AvgIpc) is 2.37. The molecule has 0 atom stereocenters. The molecular formula is C14H10BrF2NO. The Morgan fingerprint density at radius 1 is 1.21 bits per heavy atom.